The number of hydrogen-bond donors (Lipinski definition) is 0. The molecule has 0 bridgehead atoms. The number of alkyl halides is 3. The van der Waals surface area contributed by atoms with Gasteiger partial charge in [0.15, 0.2) is 12.4 Å². The van der Waals surface area contributed by atoms with E-state index >= 15 is 0 Å². The van der Waals surface area contributed by atoms with Crippen molar-refractivity contribution in [3.05, 3.63) is 101 Å². The molecule has 1 aliphatic rings. The second kappa shape index (κ2) is 14.5. The fraction of sp³-hybridized carbons (Fsp3) is 0.324. The summed E-state index contributed by atoms with van der Waals surface area (Å²) < 4.78 is 85.8. The number of rotatable bonds is 14. The molecule has 0 spiro atoms. The van der Waals surface area contributed by atoms with Gasteiger partial charge in [-0.1, -0.05) is 62.4 Å². The molecule has 0 atom stereocenters. The molecule has 2 heterocycles. The molecular weight excluding hydrogens is 651 g/mol. The lowest BCUT2D eigenvalue weighted by Gasteiger charge is -2.16. The number of esters is 1. The van der Waals surface area contributed by atoms with E-state index in [-0.39, 0.29) is 53.4 Å². The van der Waals surface area contributed by atoms with Gasteiger partial charge in [0.1, 0.15) is 17.3 Å². The van der Waals surface area contributed by atoms with Gasteiger partial charge in [-0.15, -0.1) is 0 Å². The molecule has 254 valence electrons. The van der Waals surface area contributed by atoms with Crippen LogP contribution in [0, 0.1) is 0 Å². The molecule has 0 aliphatic carbocycles. The summed E-state index contributed by atoms with van der Waals surface area (Å²) in [5.74, 6) is -1.58. The average Bonchev–Trinajstić information content (AvgIpc) is 3.58. The predicted octanol–water partition coefficient (Wildman–Crippen LogP) is 6.88. The molecular formula is C34H34F3N3O7S. The van der Waals surface area contributed by atoms with E-state index in [4.69, 9.17) is 14.2 Å². The van der Waals surface area contributed by atoms with Crippen molar-refractivity contribution >= 4 is 21.9 Å². The van der Waals surface area contributed by atoms with E-state index in [0.29, 0.717) is 35.2 Å². The van der Waals surface area contributed by atoms with Crippen molar-refractivity contribution in [3.8, 4) is 17.3 Å². The molecule has 0 N–H and O–H groups in total. The van der Waals surface area contributed by atoms with Crippen LogP contribution in [0.25, 0.3) is 5.69 Å². The van der Waals surface area contributed by atoms with Crippen LogP contribution in [0.5, 0.6) is 11.6 Å². The van der Waals surface area contributed by atoms with Gasteiger partial charge in [-0.25, -0.2) is 13.1 Å². The average molecular weight is 686 g/mol. The van der Waals surface area contributed by atoms with Crippen LogP contribution in [0.3, 0.4) is 0 Å². The number of carbonyl (C=O) groups is 2. The van der Waals surface area contributed by atoms with Crippen LogP contribution in [0.4, 0.5) is 13.2 Å². The van der Waals surface area contributed by atoms with Gasteiger partial charge in [-0.2, -0.15) is 22.6 Å². The van der Waals surface area contributed by atoms with E-state index in [0.717, 1.165) is 10.2 Å². The molecule has 4 aromatic rings. The van der Waals surface area contributed by atoms with E-state index < -0.39 is 40.4 Å². The maximum absolute atomic E-state index is 13.6. The zero-order valence-electron chi connectivity index (χ0n) is 26.3. The highest BCUT2D eigenvalue weighted by Gasteiger charge is 2.44. The smallest absolute Gasteiger partial charge is 0.435 e. The quantitative estimate of drug-likeness (QED) is 0.104. The number of aromatic nitrogens is 2. The fourth-order valence-electron chi connectivity index (χ4n) is 5.09. The summed E-state index contributed by atoms with van der Waals surface area (Å²) in [6, 6.07) is 20.8. The highest BCUT2D eigenvalue weighted by Crippen LogP contribution is 2.39. The minimum absolute atomic E-state index is 0.0393. The summed E-state index contributed by atoms with van der Waals surface area (Å²) in [4.78, 5) is 25.3. The number of halogens is 3. The Bertz CT molecular complexity index is 1860. The second-order valence-electron chi connectivity index (χ2n) is 11.4. The van der Waals surface area contributed by atoms with Gasteiger partial charge in [0.05, 0.1) is 17.9 Å². The Balaban J connectivity index is 1.23. The van der Waals surface area contributed by atoms with Crippen molar-refractivity contribution in [1.82, 2.24) is 14.1 Å². The molecule has 10 nitrogen and oxygen atoms in total. The van der Waals surface area contributed by atoms with Gasteiger partial charge >= 0.3 is 12.1 Å². The number of hydrogen-bond acceptors (Lipinski definition) is 8. The fourth-order valence-corrected chi connectivity index (χ4v) is 6.56. The minimum atomic E-state index is -4.79. The summed E-state index contributed by atoms with van der Waals surface area (Å²) in [5, 5.41) is 3.59. The Morgan fingerprint density at radius 2 is 1.60 bits per heavy atom. The van der Waals surface area contributed by atoms with E-state index in [1.807, 2.05) is 30.3 Å². The lowest BCUT2D eigenvalue weighted by atomic mass is 9.96. The Labute approximate surface area is 276 Å². The van der Waals surface area contributed by atoms with Crippen LogP contribution >= 0.6 is 0 Å². The van der Waals surface area contributed by atoms with Gasteiger partial charge in [0, 0.05) is 18.6 Å². The Kier molecular flexibility index (Phi) is 10.4. The van der Waals surface area contributed by atoms with Crippen LogP contribution in [0.15, 0.2) is 83.8 Å². The minimum Gasteiger partial charge on any atom is -0.494 e. The molecule has 14 heteroatoms. The lowest BCUT2D eigenvalue weighted by Crippen LogP contribution is -2.34. The lowest BCUT2D eigenvalue weighted by molar-refractivity contribution is -0.145. The molecule has 5 rings (SSSR count). The van der Waals surface area contributed by atoms with Crippen LogP contribution < -0.4 is 9.47 Å². The SMILES string of the molecule is CC(C)c1cc(OCCCCCC(=O)OCc2ccccc2)cc2c1C(=O)N(COc1cc(C(F)(F)F)nn1-c1ccccc1)S2(=O)=O. The van der Waals surface area contributed by atoms with E-state index in [2.05, 4.69) is 5.10 Å². The van der Waals surface area contributed by atoms with Gasteiger partial charge in [0.2, 0.25) is 5.88 Å². The third-order valence-electron chi connectivity index (χ3n) is 7.57. The number of nitrogens with zero attached hydrogens (tertiary/aromatic N) is 3. The van der Waals surface area contributed by atoms with Crippen molar-refractivity contribution in [3.63, 3.8) is 0 Å². The Hall–Kier alpha value is -4.85. The molecule has 1 aromatic heterocycles. The number of amides is 1. The highest BCUT2D eigenvalue weighted by atomic mass is 32.2. The standard InChI is InChI=1S/C34H34F3N3O7S/c1-23(2)27-18-26(45-17-11-5-10-16-31(41)46-21-24-12-6-3-7-13-24)19-28-32(27)33(42)39(48(28,43)44)22-47-30-20-29(34(35,36)37)38-40(30)25-14-8-4-9-15-25/h3-4,6-9,12-15,18-20,23H,5,10-11,16-17,21-22H2,1-2H3. The first kappa shape index (κ1) is 34.5. The van der Waals surface area contributed by atoms with Gasteiger partial charge in [-0.3, -0.25) is 9.59 Å². The van der Waals surface area contributed by atoms with Crippen LogP contribution in [0.1, 0.15) is 72.6 Å². The zero-order chi connectivity index (χ0) is 34.5. The first-order valence-electron chi connectivity index (χ1n) is 15.3. The third kappa shape index (κ3) is 7.81. The number of fused-ring (bicyclic) bond motifs is 1. The molecule has 0 radical (unpaired) electrons. The summed E-state index contributed by atoms with van der Waals surface area (Å²) in [6.07, 6.45) is -2.70. The number of para-hydroxylation sites is 1. The topological polar surface area (TPSA) is 117 Å². The van der Waals surface area contributed by atoms with Crippen molar-refractivity contribution < 1.29 is 45.4 Å². The van der Waals surface area contributed by atoms with E-state index in [9.17, 15) is 31.2 Å². The number of unbranched alkanes of at least 4 members (excludes halogenated alkanes) is 2. The zero-order valence-corrected chi connectivity index (χ0v) is 27.1. The van der Waals surface area contributed by atoms with Crippen LogP contribution in [0.2, 0.25) is 0 Å². The van der Waals surface area contributed by atoms with Crippen molar-refractivity contribution in [2.24, 2.45) is 0 Å². The summed E-state index contributed by atoms with van der Waals surface area (Å²) in [5.41, 5.74) is 0.306. The molecule has 0 saturated carbocycles. The largest absolute Gasteiger partial charge is 0.494 e. The molecule has 3 aromatic carbocycles. The number of benzene rings is 3. The van der Waals surface area contributed by atoms with Gasteiger partial charge in [-0.05, 0) is 54.5 Å². The van der Waals surface area contributed by atoms with Crippen LogP contribution in [-0.4, -0.2) is 47.7 Å². The van der Waals surface area contributed by atoms with Crippen molar-refractivity contribution in [1.29, 1.82) is 0 Å². The molecule has 1 aliphatic heterocycles. The van der Waals surface area contributed by atoms with Gasteiger partial charge < -0.3 is 14.2 Å². The monoisotopic (exact) mass is 685 g/mol. The second-order valence-corrected chi connectivity index (χ2v) is 13.2. The van der Waals surface area contributed by atoms with E-state index in [1.165, 1.54) is 18.2 Å². The van der Waals surface area contributed by atoms with E-state index in [1.54, 1.807) is 38.1 Å². The van der Waals surface area contributed by atoms with Crippen molar-refractivity contribution in [2.45, 2.75) is 63.1 Å². The summed E-state index contributed by atoms with van der Waals surface area (Å²) in [6.45, 7) is 3.17. The first-order valence-corrected chi connectivity index (χ1v) is 16.7. The van der Waals surface area contributed by atoms with Crippen molar-refractivity contribution in [2.75, 3.05) is 13.3 Å². The summed E-state index contributed by atoms with van der Waals surface area (Å²) in [7, 11) is -4.44. The normalized spacial score (nSPS) is 13.9. The maximum atomic E-state index is 13.6. The third-order valence-corrected chi connectivity index (χ3v) is 9.30. The molecule has 1 amide bonds. The molecule has 0 fully saturated rings. The number of sulfonamides is 1. The van der Waals surface area contributed by atoms with Crippen LogP contribution in [-0.2, 0) is 32.3 Å². The molecule has 0 unspecified atom stereocenters. The summed E-state index contributed by atoms with van der Waals surface area (Å²) >= 11 is 0. The molecule has 48 heavy (non-hydrogen) atoms. The number of ether oxygens (including phenoxy) is 3. The van der Waals surface area contributed by atoms with Gasteiger partial charge in [0.25, 0.3) is 15.9 Å². The number of carbonyl (C=O) groups excluding carboxylic acids is 2. The Morgan fingerprint density at radius 1 is 0.917 bits per heavy atom. The Morgan fingerprint density at radius 3 is 2.27 bits per heavy atom. The molecule has 0 saturated heterocycles. The predicted molar refractivity (Wildman–Crippen MR) is 168 cm³/mol. The highest BCUT2D eigenvalue weighted by molar-refractivity contribution is 7.90. The first-order chi connectivity index (χ1) is 22.9. The maximum Gasteiger partial charge on any atom is 0.435 e.